The maximum absolute atomic E-state index is 5.30. The zero-order valence-corrected chi connectivity index (χ0v) is 10.7. The highest BCUT2D eigenvalue weighted by Crippen LogP contribution is 2.04. The molecule has 0 spiro atoms. The molecule has 0 amide bonds. The lowest BCUT2D eigenvalue weighted by molar-refractivity contribution is 0.0103. The van der Waals surface area contributed by atoms with Crippen LogP contribution in [0.3, 0.4) is 0 Å². The summed E-state index contributed by atoms with van der Waals surface area (Å²) in [5.74, 6) is 0. The van der Waals surface area contributed by atoms with Gasteiger partial charge in [0.25, 0.3) is 0 Å². The largest absolute Gasteiger partial charge is 0.379 e. The molecule has 0 aliphatic carbocycles. The summed E-state index contributed by atoms with van der Waals surface area (Å²) in [6, 6.07) is 9.90. The monoisotopic (exact) mass is 259 g/mol. The van der Waals surface area contributed by atoms with E-state index in [0.29, 0.717) is 6.54 Å². The Labute approximate surface area is 111 Å². The fourth-order valence-corrected chi connectivity index (χ4v) is 1.98. The number of nitrogens with one attached hydrogen (secondary N) is 1. The first-order chi connectivity index (χ1) is 9.42. The predicted octanol–water partition coefficient (Wildman–Crippen LogP) is 0.604. The molecule has 1 saturated heterocycles. The van der Waals surface area contributed by atoms with Crippen LogP contribution in [-0.2, 0) is 11.3 Å². The van der Waals surface area contributed by atoms with Gasteiger partial charge in [-0.3, -0.25) is 0 Å². The van der Waals surface area contributed by atoms with E-state index in [4.69, 9.17) is 4.74 Å². The van der Waals surface area contributed by atoms with Crippen LogP contribution in [0.25, 0.3) is 5.69 Å². The molecule has 6 nitrogen and oxygen atoms in total. The maximum atomic E-state index is 5.30. The van der Waals surface area contributed by atoms with Crippen molar-refractivity contribution in [2.75, 3.05) is 26.3 Å². The zero-order valence-electron chi connectivity index (χ0n) is 10.7. The normalized spacial score (nSPS) is 16.6. The van der Waals surface area contributed by atoms with E-state index in [2.05, 4.69) is 20.6 Å². The molecular weight excluding hydrogens is 242 g/mol. The Kier molecular flexibility index (Phi) is 3.83. The number of nitrogens with zero attached hydrogens (tertiary/aromatic N) is 4. The Morgan fingerprint density at radius 3 is 2.74 bits per heavy atom. The predicted molar refractivity (Wildman–Crippen MR) is 70.6 cm³/mol. The van der Waals surface area contributed by atoms with Gasteiger partial charge in [0.15, 0.2) is 0 Å². The van der Waals surface area contributed by atoms with Crippen LogP contribution in [0.1, 0.15) is 5.69 Å². The Balaban J connectivity index is 1.59. The number of rotatable bonds is 4. The summed E-state index contributed by atoms with van der Waals surface area (Å²) in [6.45, 7) is 4.07. The van der Waals surface area contributed by atoms with Gasteiger partial charge >= 0.3 is 0 Å². The van der Waals surface area contributed by atoms with Crippen molar-refractivity contribution in [2.45, 2.75) is 6.54 Å². The number of benzene rings is 1. The lowest BCUT2D eigenvalue weighted by Gasteiger charge is -2.26. The van der Waals surface area contributed by atoms with Crippen molar-refractivity contribution >= 4 is 0 Å². The second-order valence-corrected chi connectivity index (χ2v) is 4.40. The minimum atomic E-state index is 0.687. The first-order valence-corrected chi connectivity index (χ1v) is 6.45. The van der Waals surface area contributed by atoms with E-state index in [0.717, 1.165) is 37.7 Å². The van der Waals surface area contributed by atoms with Crippen LogP contribution in [0.15, 0.2) is 36.5 Å². The van der Waals surface area contributed by atoms with E-state index in [-0.39, 0.29) is 0 Å². The number of para-hydroxylation sites is 1. The smallest absolute Gasteiger partial charge is 0.0983 e. The zero-order chi connectivity index (χ0) is 12.9. The fourth-order valence-electron chi connectivity index (χ4n) is 1.98. The molecule has 1 aliphatic rings. The molecule has 0 radical (unpaired) electrons. The van der Waals surface area contributed by atoms with Crippen LogP contribution in [-0.4, -0.2) is 46.3 Å². The van der Waals surface area contributed by atoms with E-state index in [1.54, 1.807) is 11.0 Å². The van der Waals surface area contributed by atoms with Gasteiger partial charge in [-0.1, -0.05) is 18.2 Å². The molecule has 3 rings (SSSR count). The van der Waals surface area contributed by atoms with Crippen LogP contribution in [0, 0.1) is 0 Å². The van der Waals surface area contributed by atoms with Gasteiger partial charge in [-0.2, -0.15) is 15.0 Å². The fraction of sp³-hybridized carbons (Fsp3) is 0.385. The van der Waals surface area contributed by atoms with Crippen LogP contribution in [0.4, 0.5) is 0 Å². The summed E-state index contributed by atoms with van der Waals surface area (Å²) in [5.41, 5.74) is 5.24. The molecule has 2 heterocycles. The van der Waals surface area contributed by atoms with Crippen LogP contribution >= 0.6 is 0 Å². The van der Waals surface area contributed by atoms with Gasteiger partial charge < -0.3 is 4.74 Å². The van der Waals surface area contributed by atoms with Gasteiger partial charge in [0.2, 0.25) is 0 Å². The highest BCUT2D eigenvalue weighted by molar-refractivity contribution is 5.28. The number of ether oxygens (including phenoxy) is 1. The van der Waals surface area contributed by atoms with Crippen molar-refractivity contribution in [2.24, 2.45) is 0 Å². The van der Waals surface area contributed by atoms with Gasteiger partial charge in [-0.05, 0) is 12.1 Å². The summed E-state index contributed by atoms with van der Waals surface area (Å²) in [5, 5.41) is 10.9. The van der Waals surface area contributed by atoms with Crippen molar-refractivity contribution in [1.29, 1.82) is 0 Å². The summed E-state index contributed by atoms with van der Waals surface area (Å²) in [7, 11) is 0. The van der Waals surface area contributed by atoms with Crippen LogP contribution in [0.5, 0.6) is 0 Å². The third-order valence-corrected chi connectivity index (χ3v) is 3.02. The number of hydrazine groups is 1. The molecule has 1 fully saturated rings. The minimum Gasteiger partial charge on any atom is -0.379 e. The lowest BCUT2D eigenvalue weighted by Crippen LogP contribution is -2.45. The molecule has 1 aromatic heterocycles. The van der Waals surface area contributed by atoms with Crippen molar-refractivity contribution in [3.8, 4) is 5.69 Å². The van der Waals surface area contributed by atoms with Gasteiger partial charge in [0.1, 0.15) is 0 Å². The van der Waals surface area contributed by atoms with Crippen molar-refractivity contribution < 1.29 is 4.74 Å². The molecule has 0 unspecified atom stereocenters. The molecule has 1 N–H and O–H groups in total. The van der Waals surface area contributed by atoms with Crippen LogP contribution in [0.2, 0.25) is 0 Å². The Morgan fingerprint density at radius 2 is 1.95 bits per heavy atom. The Bertz CT molecular complexity index is 507. The van der Waals surface area contributed by atoms with E-state index < -0.39 is 0 Å². The standard InChI is InChI=1S/C13H17N5O/c1-2-4-13(5-3-1)18-15-11-12(16-18)10-14-17-6-8-19-9-7-17/h1-5,11,14H,6-10H2. The molecule has 2 aromatic rings. The van der Waals surface area contributed by atoms with Gasteiger partial charge in [0.05, 0.1) is 37.3 Å². The molecule has 0 saturated carbocycles. The van der Waals surface area contributed by atoms with E-state index in [1.807, 2.05) is 30.3 Å². The Hall–Kier alpha value is -1.76. The molecule has 100 valence electrons. The van der Waals surface area contributed by atoms with Crippen LogP contribution < -0.4 is 5.43 Å². The second kappa shape index (κ2) is 5.92. The number of hydrogen-bond acceptors (Lipinski definition) is 5. The second-order valence-electron chi connectivity index (χ2n) is 4.40. The van der Waals surface area contributed by atoms with Gasteiger partial charge in [0, 0.05) is 13.1 Å². The molecule has 6 heteroatoms. The highest BCUT2D eigenvalue weighted by Gasteiger charge is 2.10. The third-order valence-electron chi connectivity index (χ3n) is 3.02. The minimum absolute atomic E-state index is 0.687. The van der Waals surface area contributed by atoms with Crippen molar-refractivity contribution in [1.82, 2.24) is 25.4 Å². The van der Waals surface area contributed by atoms with Gasteiger partial charge in [-0.15, -0.1) is 0 Å². The molecule has 0 atom stereocenters. The quantitative estimate of drug-likeness (QED) is 0.871. The summed E-state index contributed by atoms with van der Waals surface area (Å²) in [4.78, 5) is 1.65. The lowest BCUT2D eigenvalue weighted by atomic mass is 10.3. The van der Waals surface area contributed by atoms with E-state index >= 15 is 0 Å². The molecule has 19 heavy (non-hydrogen) atoms. The topological polar surface area (TPSA) is 55.2 Å². The number of aromatic nitrogens is 3. The number of hydrogen-bond donors (Lipinski definition) is 1. The van der Waals surface area contributed by atoms with Crippen molar-refractivity contribution in [3.63, 3.8) is 0 Å². The molecular formula is C13H17N5O. The Morgan fingerprint density at radius 1 is 1.16 bits per heavy atom. The highest BCUT2D eigenvalue weighted by atomic mass is 16.5. The van der Waals surface area contributed by atoms with E-state index in [9.17, 15) is 0 Å². The summed E-state index contributed by atoms with van der Waals surface area (Å²) < 4.78 is 5.30. The maximum Gasteiger partial charge on any atom is 0.0983 e. The summed E-state index contributed by atoms with van der Waals surface area (Å²) in [6.07, 6.45) is 1.79. The first-order valence-electron chi connectivity index (χ1n) is 6.45. The molecule has 1 aliphatic heterocycles. The summed E-state index contributed by atoms with van der Waals surface area (Å²) >= 11 is 0. The van der Waals surface area contributed by atoms with Crippen molar-refractivity contribution in [3.05, 3.63) is 42.2 Å². The SMILES string of the molecule is c1ccc(-n2ncc(CNN3CCOCC3)n2)cc1. The molecule has 0 bridgehead atoms. The van der Waals surface area contributed by atoms with E-state index in [1.165, 1.54) is 0 Å². The first kappa shape index (κ1) is 12.3. The molecule has 1 aromatic carbocycles. The van der Waals surface area contributed by atoms with Gasteiger partial charge in [-0.25, -0.2) is 10.4 Å². The average Bonchev–Trinajstić information content (AvgIpc) is 2.96. The third kappa shape index (κ3) is 3.17. The number of morpholine rings is 1. The average molecular weight is 259 g/mol.